The highest BCUT2D eigenvalue weighted by molar-refractivity contribution is 7.98. The lowest BCUT2D eigenvalue weighted by atomic mass is 9.93. The van der Waals surface area contributed by atoms with Crippen LogP contribution in [0.15, 0.2) is 59.9 Å². The second-order valence-corrected chi connectivity index (χ2v) is 8.15. The van der Waals surface area contributed by atoms with E-state index in [1.807, 2.05) is 6.07 Å². The summed E-state index contributed by atoms with van der Waals surface area (Å²) in [6, 6.07) is 12.9. The van der Waals surface area contributed by atoms with Gasteiger partial charge in [-0.15, -0.1) is 0 Å². The van der Waals surface area contributed by atoms with Crippen molar-refractivity contribution in [2.75, 3.05) is 10.6 Å². The Labute approximate surface area is 178 Å². The van der Waals surface area contributed by atoms with Crippen molar-refractivity contribution in [2.45, 2.75) is 36.1 Å². The molecule has 3 aromatic rings. The molecule has 2 heterocycles. The molecule has 4 rings (SSSR count). The average Bonchev–Trinajstić information content (AvgIpc) is 2.70. The topological polar surface area (TPSA) is 79.8 Å². The number of nitrogens with zero attached hydrogens (tertiary/aromatic N) is 3. The van der Waals surface area contributed by atoms with E-state index < -0.39 is 0 Å². The predicted molar refractivity (Wildman–Crippen MR) is 116 cm³/mol. The number of pyridine rings is 1. The van der Waals surface area contributed by atoms with Gasteiger partial charge in [0.15, 0.2) is 0 Å². The quantitative estimate of drug-likeness (QED) is 0.516. The molecule has 0 saturated heterocycles. The molecule has 0 radical (unpaired) electrons. The Morgan fingerprint density at radius 3 is 2.83 bits per heavy atom. The summed E-state index contributed by atoms with van der Waals surface area (Å²) >= 11 is 7.47. The van der Waals surface area contributed by atoms with Crippen LogP contribution in [-0.2, 0) is 5.75 Å². The lowest BCUT2D eigenvalue weighted by Gasteiger charge is -2.26. The third kappa shape index (κ3) is 5.25. The first-order valence-electron chi connectivity index (χ1n) is 9.40. The molecule has 29 heavy (non-hydrogen) atoms. The molecule has 2 N–H and O–H groups in total. The third-order valence-electron chi connectivity index (χ3n) is 4.61. The van der Waals surface area contributed by atoms with Crippen molar-refractivity contribution in [3.63, 3.8) is 0 Å². The first-order valence-corrected chi connectivity index (χ1v) is 10.8. The van der Waals surface area contributed by atoms with E-state index in [1.54, 1.807) is 48.8 Å². The van der Waals surface area contributed by atoms with Gasteiger partial charge in [-0.3, -0.25) is 4.79 Å². The number of hydrogen-bond donors (Lipinski definition) is 2. The van der Waals surface area contributed by atoms with E-state index in [9.17, 15) is 4.79 Å². The van der Waals surface area contributed by atoms with Crippen LogP contribution in [0.2, 0.25) is 5.02 Å². The minimum atomic E-state index is -0.224. The lowest BCUT2D eigenvalue weighted by molar-refractivity contribution is 0.102. The third-order valence-corrected chi connectivity index (χ3v) is 5.88. The van der Waals surface area contributed by atoms with Gasteiger partial charge >= 0.3 is 0 Å². The molecule has 0 spiro atoms. The van der Waals surface area contributed by atoms with Gasteiger partial charge in [0.2, 0.25) is 5.95 Å². The van der Waals surface area contributed by atoms with Crippen LogP contribution in [-0.4, -0.2) is 26.9 Å². The summed E-state index contributed by atoms with van der Waals surface area (Å²) in [6.45, 7) is 0. The van der Waals surface area contributed by atoms with E-state index >= 15 is 0 Å². The molecule has 8 heteroatoms. The van der Waals surface area contributed by atoms with Gasteiger partial charge in [-0.2, -0.15) is 0 Å². The van der Waals surface area contributed by atoms with E-state index in [4.69, 9.17) is 11.6 Å². The minimum absolute atomic E-state index is 0.224. The maximum absolute atomic E-state index is 12.7. The number of rotatable bonds is 7. The maximum Gasteiger partial charge on any atom is 0.258 e. The Kier molecular flexibility index (Phi) is 6.27. The van der Waals surface area contributed by atoms with Crippen LogP contribution in [0.1, 0.15) is 35.3 Å². The monoisotopic (exact) mass is 425 g/mol. The molecular weight excluding hydrogens is 406 g/mol. The van der Waals surface area contributed by atoms with E-state index in [0.717, 1.165) is 5.69 Å². The number of carbonyl (C=O) groups excluding carboxylic acids is 1. The Bertz CT molecular complexity index is 1010. The van der Waals surface area contributed by atoms with Crippen molar-refractivity contribution in [3.8, 4) is 0 Å². The summed E-state index contributed by atoms with van der Waals surface area (Å²) in [4.78, 5) is 26.0. The number of amides is 1. The Hall–Kier alpha value is -2.64. The van der Waals surface area contributed by atoms with Crippen molar-refractivity contribution in [2.24, 2.45) is 0 Å². The largest absolute Gasteiger partial charge is 0.351 e. The molecule has 148 valence electrons. The zero-order chi connectivity index (χ0) is 20.1. The second kappa shape index (κ2) is 9.24. The highest BCUT2D eigenvalue weighted by atomic mass is 35.5. The van der Waals surface area contributed by atoms with E-state index in [-0.39, 0.29) is 5.91 Å². The van der Waals surface area contributed by atoms with E-state index in [1.165, 1.54) is 31.0 Å². The Morgan fingerprint density at radius 1 is 1.14 bits per heavy atom. The summed E-state index contributed by atoms with van der Waals surface area (Å²) in [5, 5.41) is 7.45. The predicted octanol–water partition coefficient (Wildman–Crippen LogP) is 5.03. The fourth-order valence-corrected chi connectivity index (χ4v) is 3.95. The van der Waals surface area contributed by atoms with Crippen LogP contribution in [0.3, 0.4) is 0 Å². The number of anilines is 2. The summed E-state index contributed by atoms with van der Waals surface area (Å²) in [7, 11) is 0. The van der Waals surface area contributed by atoms with Crippen LogP contribution in [0.5, 0.6) is 0 Å². The van der Waals surface area contributed by atoms with Crippen molar-refractivity contribution in [1.29, 1.82) is 0 Å². The Morgan fingerprint density at radius 2 is 2.03 bits per heavy atom. The molecule has 1 saturated carbocycles. The number of nitrogens with one attached hydrogen (secondary N) is 2. The molecule has 0 bridgehead atoms. The summed E-state index contributed by atoms with van der Waals surface area (Å²) in [6.07, 6.45) is 7.03. The van der Waals surface area contributed by atoms with Gasteiger partial charge < -0.3 is 10.6 Å². The number of hydrogen-bond acceptors (Lipinski definition) is 6. The van der Waals surface area contributed by atoms with E-state index in [0.29, 0.717) is 39.0 Å². The van der Waals surface area contributed by atoms with E-state index in [2.05, 4.69) is 25.6 Å². The molecule has 0 unspecified atom stereocenters. The summed E-state index contributed by atoms with van der Waals surface area (Å²) < 4.78 is 0. The number of thioether (sulfide) groups is 1. The molecule has 1 amide bonds. The Balaban J connectivity index is 1.43. The van der Waals surface area contributed by atoms with Gasteiger partial charge in [0.1, 0.15) is 5.03 Å². The lowest BCUT2D eigenvalue weighted by Crippen LogP contribution is -2.28. The number of aromatic nitrogens is 3. The standard InChI is InChI=1S/C21H20ClN5OS/c22-14-4-1-7-16(12-14)25-19(28)18-8-3-10-23-20(18)29-13-17-9-11-24-21(27-17)26-15-5-2-6-15/h1,3-4,7-12,15H,2,5-6,13H2,(H,25,28)(H,24,26,27). The van der Waals surface area contributed by atoms with Crippen LogP contribution < -0.4 is 10.6 Å². The molecule has 1 aromatic carbocycles. The van der Waals surface area contributed by atoms with Crippen molar-refractivity contribution >= 4 is 40.9 Å². The zero-order valence-corrected chi connectivity index (χ0v) is 17.2. The summed E-state index contributed by atoms with van der Waals surface area (Å²) in [5.41, 5.74) is 2.04. The molecule has 2 aromatic heterocycles. The van der Waals surface area contributed by atoms with Crippen LogP contribution in [0.4, 0.5) is 11.6 Å². The highest BCUT2D eigenvalue weighted by Crippen LogP contribution is 2.26. The molecule has 1 aliphatic carbocycles. The van der Waals surface area contributed by atoms with Crippen LogP contribution in [0.25, 0.3) is 0 Å². The maximum atomic E-state index is 12.7. The van der Waals surface area contributed by atoms with Gasteiger partial charge in [-0.25, -0.2) is 15.0 Å². The SMILES string of the molecule is O=C(Nc1cccc(Cl)c1)c1cccnc1SCc1ccnc(NC2CCC2)n1. The van der Waals surface area contributed by atoms with Gasteiger partial charge in [0.05, 0.1) is 11.3 Å². The number of halogens is 1. The fraction of sp³-hybridized carbons (Fsp3) is 0.238. The smallest absolute Gasteiger partial charge is 0.258 e. The molecule has 0 atom stereocenters. The normalized spacial score (nSPS) is 13.6. The first-order chi connectivity index (χ1) is 14.2. The second-order valence-electron chi connectivity index (χ2n) is 6.75. The van der Waals surface area contributed by atoms with Crippen molar-refractivity contribution in [1.82, 2.24) is 15.0 Å². The van der Waals surface area contributed by atoms with Crippen LogP contribution >= 0.6 is 23.4 Å². The van der Waals surface area contributed by atoms with Gasteiger partial charge in [-0.05, 0) is 55.7 Å². The van der Waals surface area contributed by atoms with Gasteiger partial charge in [0, 0.05) is 34.9 Å². The number of carbonyl (C=O) groups is 1. The van der Waals surface area contributed by atoms with Crippen molar-refractivity contribution in [3.05, 3.63) is 71.1 Å². The molecular formula is C21H20ClN5OS. The van der Waals surface area contributed by atoms with Crippen LogP contribution in [0, 0.1) is 0 Å². The molecule has 0 aliphatic heterocycles. The summed E-state index contributed by atoms with van der Waals surface area (Å²) in [5.74, 6) is 1.03. The van der Waals surface area contributed by atoms with Gasteiger partial charge in [-0.1, -0.05) is 29.4 Å². The molecule has 6 nitrogen and oxygen atoms in total. The van der Waals surface area contributed by atoms with Gasteiger partial charge in [0.25, 0.3) is 5.91 Å². The average molecular weight is 426 g/mol. The highest BCUT2D eigenvalue weighted by Gasteiger charge is 2.18. The fourth-order valence-electron chi connectivity index (χ4n) is 2.87. The first kappa shape index (κ1) is 19.7. The molecule has 1 fully saturated rings. The number of benzene rings is 1. The molecule has 1 aliphatic rings. The zero-order valence-electron chi connectivity index (χ0n) is 15.6. The minimum Gasteiger partial charge on any atom is -0.351 e. The van der Waals surface area contributed by atoms with Crippen molar-refractivity contribution < 1.29 is 4.79 Å².